The molecule has 0 N–H and O–H groups in total. The molecule has 3 heterocycles. The van der Waals surface area contributed by atoms with E-state index in [1.165, 1.54) is 16.9 Å². The molecule has 1 aliphatic rings. The topological polar surface area (TPSA) is 68.3 Å². The number of hydrogen-bond donors (Lipinski definition) is 0. The number of rotatable bonds is 4. The zero-order chi connectivity index (χ0) is 21.0. The lowest BCUT2D eigenvalue weighted by molar-refractivity contribution is 0.0792. The van der Waals surface area contributed by atoms with Crippen LogP contribution in [0.25, 0.3) is 22.8 Å². The zero-order valence-corrected chi connectivity index (χ0v) is 16.3. The van der Waals surface area contributed by atoms with Crippen LogP contribution in [0.5, 0.6) is 0 Å². The van der Waals surface area contributed by atoms with E-state index in [2.05, 4.69) is 15.1 Å². The molecular weight excluding hydrogens is 390 g/mol. The molecule has 7 nitrogen and oxygen atoms in total. The number of carbonyl (C=O) groups excluding carboxylic acids is 1. The molecule has 4 aromatic rings. The van der Waals surface area contributed by atoms with Gasteiger partial charge >= 0.3 is 0 Å². The molecule has 1 amide bonds. The molecule has 0 saturated heterocycles. The van der Waals surface area contributed by atoms with Gasteiger partial charge in [-0.1, -0.05) is 18.2 Å². The zero-order valence-electron chi connectivity index (χ0n) is 16.3. The monoisotopic (exact) mass is 408 g/mol. The molecule has 30 heavy (non-hydrogen) atoms. The molecule has 1 aliphatic carbocycles. The Morgan fingerprint density at radius 3 is 2.93 bits per heavy atom. The van der Waals surface area contributed by atoms with Crippen molar-refractivity contribution in [3.8, 4) is 0 Å². The summed E-state index contributed by atoms with van der Waals surface area (Å²) in [6, 6.07) is 8.98. The highest BCUT2D eigenvalue weighted by molar-refractivity contribution is 6.07. The van der Waals surface area contributed by atoms with Gasteiger partial charge < -0.3 is 9.47 Å². The third-order valence-electron chi connectivity index (χ3n) is 5.47. The highest BCUT2D eigenvalue weighted by atomic mass is 19.3. The summed E-state index contributed by atoms with van der Waals surface area (Å²) in [5, 5.41) is 4.97. The van der Waals surface area contributed by atoms with Gasteiger partial charge in [-0.05, 0) is 30.2 Å². The van der Waals surface area contributed by atoms with E-state index in [4.69, 9.17) is 0 Å². The Morgan fingerprint density at radius 2 is 2.13 bits per heavy atom. The van der Waals surface area contributed by atoms with Crippen molar-refractivity contribution in [2.75, 3.05) is 7.05 Å². The van der Waals surface area contributed by atoms with Crippen LogP contribution in [-0.2, 0) is 7.05 Å². The summed E-state index contributed by atoms with van der Waals surface area (Å²) in [5.41, 5.74) is 2.72. The minimum Gasteiger partial charge on any atom is -0.350 e. The van der Waals surface area contributed by atoms with E-state index >= 15 is 0 Å². The molecule has 1 aromatic carbocycles. The molecule has 152 valence electrons. The number of likely N-dealkylation sites (N-methyl/N-ethyl adjacent to an activating group) is 1. The van der Waals surface area contributed by atoms with Crippen molar-refractivity contribution in [2.45, 2.75) is 18.9 Å². The summed E-state index contributed by atoms with van der Waals surface area (Å²) in [6.45, 7) is 0. The molecule has 1 fully saturated rings. The fraction of sp³-hybridized carbons (Fsp3) is 0.238. The summed E-state index contributed by atoms with van der Waals surface area (Å²) in [4.78, 5) is 22.5. The van der Waals surface area contributed by atoms with Crippen LogP contribution in [-0.4, -0.2) is 48.0 Å². The van der Waals surface area contributed by atoms with Crippen LogP contribution >= 0.6 is 0 Å². The fourth-order valence-electron chi connectivity index (χ4n) is 3.81. The van der Waals surface area contributed by atoms with E-state index in [1.54, 1.807) is 18.0 Å². The first-order valence-corrected chi connectivity index (χ1v) is 9.44. The third kappa shape index (κ3) is 2.94. The predicted octanol–water partition coefficient (Wildman–Crippen LogP) is 3.48. The number of hydrogen-bond acceptors (Lipinski definition) is 4. The fourth-order valence-corrected chi connectivity index (χ4v) is 3.81. The predicted molar refractivity (Wildman–Crippen MR) is 107 cm³/mol. The molecule has 0 radical (unpaired) electrons. The van der Waals surface area contributed by atoms with Crippen molar-refractivity contribution in [3.05, 3.63) is 65.4 Å². The van der Waals surface area contributed by atoms with Gasteiger partial charge in [0.05, 0.1) is 17.3 Å². The molecule has 1 atom stereocenters. The first-order valence-electron chi connectivity index (χ1n) is 9.44. The van der Waals surface area contributed by atoms with Crippen LogP contribution < -0.4 is 0 Å². The van der Waals surface area contributed by atoms with Crippen molar-refractivity contribution < 1.29 is 13.6 Å². The number of para-hydroxylation sites is 1. The van der Waals surface area contributed by atoms with Gasteiger partial charge in [0.2, 0.25) is 0 Å². The number of fused-ring (bicyclic) bond motifs is 2. The van der Waals surface area contributed by atoms with Gasteiger partial charge in [0.1, 0.15) is 12.0 Å². The Balaban J connectivity index is 1.44. The van der Waals surface area contributed by atoms with Crippen LogP contribution in [0.2, 0.25) is 0 Å². The van der Waals surface area contributed by atoms with Crippen molar-refractivity contribution in [3.63, 3.8) is 0 Å². The Kier molecular flexibility index (Phi) is 4.12. The highest BCUT2D eigenvalue weighted by Gasteiger charge is 2.37. The molecule has 5 rings (SSSR count). The Hall–Kier alpha value is -3.62. The average molecular weight is 408 g/mol. The Labute approximate surface area is 170 Å². The number of alkyl halides is 2. The highest BCUT2D eigenvalue weighted by Crippen LogP contribution is 2.37. The minimum atomic E-state index is -2.70. The number of aryl methyl sites for hydroxylation is 1. The number of carbonyl (C=O) groups is 1. The quantitative estimate of drug-likeness (QED) is 0.519. The number of nitrogens with zero attached hydrogens (tertiary/aromatic N) is 6. The smallest absolute Gasteiger partial charge is 0.280 e. The molecule has 1 saturated carbocycles. The summed E-state index contributed by atoms with van der Waals surface area (Å²) in [7, 11) is 3.67. The van der Waals surface area contributed by atoms with Gasteiger partial charge in [0.25, 0.3) is 18.1 Å². The lowest BCUT2D eigenvalue weighted by Gasteiger charge is -2.15. The van der Waals surface area contributed by atoms with Gasteiger partial charge in [0, 0.05) is 31.2 Å². The third-order valence-corrected chi connectivity index (χ3v) is 5.47. The first-order chi connectivity index (χ1) is 14.4. The second-order valence-electron chi connectivity index (χ2n) is 7.40. The van der Waals surface area contributed by atoms with E-state index in [0.717, 1.165) is 16.5 Å². The van der Waals surface area contributed by atoms with E-state index in [9.17, 15) is 13.6 Å². The summed E-state index contributed by atoms with van der Waals surface area (Å²) in [6.07, 6.45) is 2.88. The van der Waals surface area contributed by atoms with E-state index in [1.807, 2.05) is 42.1 Å². The second-order valence-corrected chi connectivity index (χ2v) is 7.40. The number of amides is 1. The maximum Gasteiger partial charge on any atom is 0.280 e. The van der Waals surface area contributed by atoms with Crippen LogP contribution in [0, 0.1) is 0 Å². The van der Waals surface area contributed by atoms with Gasteiger partial charge in [-0.25, -0.2) is 13.8 Å². The Bertz CT molecular complexity index is 1320. The van der Waals surface area contributed by atoms with E-state index in [-0.39, 0.29) is 23.4 Å². The minimum absolute atomic E-state index is 0.0749. The molecule has 0 aliphatic heterocycles. The van der Waals surface area contributed by atoms with Gasteiger partial charge in [-0.3, -0.25) is 4.79 Å². The average Bonchev–Trinajstić information content (AvgIpc) is 3.18. The Morgan fingerprint density at radius 1 is 1.33 bits per heavy atom. The van der Waals surface area contributed by atoms with Crippen molar-refractivity contribution in [1.82, 2.24) is 29.0 Å². The van der Waals surface area contributed by atoms with Crippen LogP contribution in [0.4, 0.5) is 8.78 Å². The summed E-state index contributed by atoms with van der Waals surface area (Å²) in [5.74, 6) is 0.0473. The van der Waals surface area contributed by atoms with Gasteiger partial charge in [-0.15, -0.1) is 0 Å². The maximum absolute atomic E-state index is 13.2. The number of aromatic nitrogens is 5. The normalized spacial score (nSPS) is 17.4. The lowest BCUT2D eigenvalue weighted by atomic mass is 10.1. The molecule has 3 aromatic heterocycles. The first kappa shape index (κ1) is 18.4. The van der Waals surface area contributed by atoms with Crippen LogP contribution in [0.15, 0.2) is 48.4 Å². The summed E-state index contributed by atoms with van der Waals surface area (Å²) >= 11 is 0. The van der Waals surface area contributed by atoms with Crippen molar-refractivity contribution >= 4 is 28.7 Å². The molecule has 0 spiro atoms. The van der Waals surface area contributed by atoms with Gasteiger partial charge in [-0.2, -0.15) is 14.6 Å². The van der Waals surface area contributed by atoms with E-state index in [0.29, 0.717) is 17.7 Å². The maximum atomic E-state index is 13.2. The molecule has 0 unspecified atom stereocenters. The molecule has 0 bridgehead atoms. The standard InChI is InChI=1S/C21H18F2N6O/c1-27-10-15(14-5-3-4-6-17(14)27)20(30)28(2)18-8-12(18)7-13-9-16(19(22)23)26-21-24-11-25-29(13)21/h3-7,9-11,18-19H,8H2,1-2H3/b12-7-/t18-/m0/s1. The molecule has 9 heteroatoms. The summed E-state index contributed by atoms with van der Waals surface area (Å²) < 4.78 is 29.7. The molecular formula is C21H18F2N6O. The second kappa shape index (κ2) is 6.72. The van der Waals surface area contributed by atoms with Gasteiger partial charge in [0.15, 0.2) is 0 Å². The van der Waals surface area contributed by atoms with Crippen molar-refractivity contribution in [2.24, 2.45) is 7.05 Å². The van der Waals surface area contributed by atoms with Crippen molar-refractivity contribution in [1.29, 1.82) is 0 Å². The SMILES string of the molecule is CN(C(=O)c1cn(C)c2ccccc12)[C@H]1C/C1=C/c1cc(C(F)F)nc2ncnn12. The number of halogens is 2. The lowest BCUT2D eigenvalue weighted by Crippen LogP contribution is -2.28. The largest absolute Gasteiger partial charge is 0.350 e. The number of benzene rings is 1. The van der Waals surface area contributed by atoms with Crippen LogP contribution in [0.1, 0.15) is 34.6 Å². The van der Waals surface area contributed by atoms with E-state index < -0.39 is 6.43 Å². The van der Waals surface area contributed by atoms with Crippen LogP contribution in [0.3, 0.4) is 0 Å².